The van der Waals surface area contributed by atoms with Crippen LogP contribution in [0.15, 0.2) is 48.5 Å². The lowest BCUT2D eigenvalue weighted by Gasteiger charge is -2.08. The molecular formula is C12H11FN2. The smallest absolute Gasteiger partial charge is 0.125 e. The molecule has 0 atom stereocenters. The van der Waals surface area contributed by atoms with Crippen molar-refractivity contribution in [1.29, 1.82) is 0 Å². The number of hydrogen-bond donors (Lipinski definition) is 2. The molecule has 0 aromatic heterocycles. The summed E-state index contributed by atoms with van der Waals surface area (Å²) in [6.45, 7) is 0. The lowest BCUT2D eigenvalue weighted by Crippen LogP contribution is -1.96. The standard InChI is InChI=1S/C12H11FN2/c13-9-6-7-12(11(14)8-9)15-10-4-2-1-3-5-10/h1-8,15H,14H2. The molecule has 2 rings (SSSR count). The first kappa shape index (κ1) is 9.52. The Morgan fingerprint density at radius 3 is 2.40 bits per heavy atom. The zero-order valence-electron chi connectivity index (χ0n) is 8.07. The van der Waals surface area contributed by atoms with Crippen molar-refractivity contribution in [3.8, 4) is 0 Å². The molecular weight excluding hydrogens is 191 g/mol. The molecule has 2 nitrogen and oxygen atoms in total. The van der Waals surface area contributed by atoms with E-state index in [4.69, 9.17) is 5.73 Å². The molecule has 0 amide bonds. The predicted octanol–water partition coefficient (Wildman–Crippen LogP) is 3.15. The quantitative estimate of drug-likeness (QED) is 0.734. The maximum atomic E-state index is 12.8. The first-order valence-electron chi connectivity index (χ1n) is 4.63. The minimum absolute atomic E-state index is 0.328. The molecule has 0 unspecified atom stereocenters. The minimum atomic E-state index is -0.328. The van der Waals surface area contributed by atoms with Crippen molar-refractivity contribution in [2.75, 3.05) is 11.1 Å². The number of para-hydroxylation sites is 1. The van der Waals surface area contributed by atoms with Crippen molar-refractivity contribution < 1.29 is 4.39 Å². The van der Waals surface area contributed by atoms with Gasteiger partial charge in [0.05, 0.1) is 11.4 Å². The molecule has 0 saturated heterocycles. The number of halogens is 1. The van der Waals surface area contributed by atoms with Gasteiger partial charge in [0.1, 0.15) is 5.82 Å². The summed E-state index contributed by atoms with van der Waals surface area (Å²) in [5.74, 6) is -0.328. The maximum absolute atomic E-state index is 12.8. The molecule has 3 heteroatoms. The van der Waals surface area contributed by atoms with E-state index in [1.807, 2.05) is 30.3 Å². The van der Waals surface area contributed by atoms with Gasteiger partial charge in [0.2, 0.25) is 0 Å². The summed E-state index contributed by atoms with van der Waals surface area (Å²) in [5.41, 5.74) is 7.71. The fraction of sp³-hybridized carbons (Fsp3) is 0. The van der Waals surface area contributed by atoms with Crippen LogP contribution in [0.2, 0.25) is 0 Å². The van der Waals surface area contributed by atoms with Crippen LogP contribution in [0.4, 0.5) is 21.5 Å². The molecule has 3 N–H and O–H groups in total. The van der Waals surface area contributed by atoms with Crippen LogP contribution in [0.3, 0.4) is 0 Å². The van der Waals surface area contributed by atoms with Gasteiger partial charge in [0.15, 0.2) is 0 Å². The Balaban J connectivity index is 2.25. The van der Waals surface area contributed by atoms with Crippen molar-refractivity contribution in [3.05, 3.63) is 54.3 Å². The molecule has 15 heavy (non-hydrogen) atoms. The number of rotatable bonds is 2. The van der Waals surface area contributed by atoms with E-state index in [0.29, 0.717) is 11.4 Å². The summed E-state index contributed by atoms with van der Waals surface area (Å²) in [6, 6.07) is 13.9. The van der Waals surface area contributed by atoms with Gasteiger partial charge in [-0.2, -0.15) is 0 Å². The van der Waals surface area contributed by atoms with Gasteiger partial charge in [-0.3, -0.25) is 0 Å². The minimum Gasteiger partial charge on any atom is -0.397 e. The van der Waals surface area contributed by atoms with Crippen molar-refractivity contribution in [3.63, 3.8) is 0 Å². The van der Waals surface area contributed by atoms with Crippen LogP contribution in [0, 0.1) is 5.82 Å². The highest BCUT2D eigenvalue weighted by Gasteiger charge is 2.00. The van der Waals surface area contributed by atoms with Crippen molar-refractivity contribution in [1.82, 2.24) is 0 Å². The number of anilines is 3. The molecule has 2 aromatic carbocycles. The SMILES string of the molecule is Nc1cc(F)ccc1Nc1ccccc1. The first-order valence-corrected chi connectivity index (χ1v) is 4.63. The van der Waals surface area contributed by atoms with E-state index >= 15 is 0 Å². The monoisotopic (exact) mass is 202 g/mol. The third-order valence-corrected chi connectivity index (χ3v) is 2.07. The summed E-state index contributed by atoms with van der Waals surface area (Å²) in [5, 5.41) is 3.11. The Bertz CT molecular complexity index is 454. The average Bonchev–Trinajstić information content (AvgIpc) is 2.24. The Labute approximate surface area is 87.5 Å². The van der Waals surface area contributed by atoms with Gasteiger partial charge >= 0.3 is 0 Å². The zero-order valence-corrected chi connectivity index (χ0v) is 8.07. The molecule has 0 aliphatic heterocycles. The highest BCUT2D eigenvalue weighted by atomic mass is 19.1. The highest BCUT2D eigenvalue weighted by molar-refractivity contribution is 5.72. The van der Waals surface area contributed by atoms with Crippen molar-refractivity contribution in [2.24, 2.45) is 0 Å². The number of nitrogen functional groups attached to an aromatic ring is 1. The molecule has 0 aliphatic carbocycles. The van der Waals surface area contributed by atoms with Gasteiger partial charge in [0.25, 0.3) is 0 Å². The molecule has 0 spiro atoms. The fourth-order valence-electron chi connectivity index (χ4n) is 1.32. The van der Waals surface area contributed by atoms with Crippen LogP contribution in [-0.2, 0) is 0 Å². The van der Waals surface area contributed by atoms with Gasteiger partial charge in [-0.1, -0.05) is 18.2 Å². The second kappa shape index (κ2) is 4.00. The number of nitrogens with one attached hydrogen (secondary N) is 1. The second-order valence-electron chi connectivity index (χ2n) is 3.22. The lowest BCUT2D eigenvalue weighted by molar-refractivity contribution is 0.628. The predicted molar refractivity (Wildman–Crippen MR) is 60.5 cm³/mol. The Hall–Kier alpha value is -2.03. The Kier molecular flexibility index (Phi) is 2.54. The fourth-order valence-corrected chi connectivity index (χ4v) is 1.32. The molecule has 0 saturated carbocycles. The third-order valence-electron chi connectivity index (χ3n) is 2.07. The zero-order chi connectivity index (χ0) is 10.7. The second-order valence-corrected chi connectivity index (χ2v) is 3.22. The van der Waals surface area contributed by atoms with Gasteiger partial charge in [0, 0.05) is 5.69 Å². The topological polar surface area (TPSA) is 38.0 Å². The maximum Gasteiger partial charge on any atom is 0.125 e. The van der Waals surface area contributed by atoms with Crippen LogP contribution in [0.25, 0.3) is 0 Å². The van der Waals surface area contributed by atoms with Gasteiger partial charge in [-0.15, -0.1) is 0 Å². The summed E-state index contributed by atoms with van der Waals surface area (Å²) >= 11 is 0. The first-order chi connectivity index (χ1) is 7.25. The molecule has 2 aromatic rings. The van der Waals surface area contributed by atoms with Crippen LogP contribution >= 0.6 is 0 Å². The van der Waals surface area contributed by atoms with E-state index in [-0.39, 0.29) is 5.82 Å². The molecule has 0 radical (unpaired) electrons. The molecule has 0 fully saturated rings. The molecule has 0 heterocycles. The summed E-state index contributed by atoms with van der Waals surface area (Å²) in [4.78, 5) is 0. The normalized spacial score (nSPS) is 9.93. The van der Waals surface area contributed by atoms with E-state index < -0.39 is 0 Å². The van der Waals surface area contributed by atoms with Crippen LogP contribution in [0.5, 0.6) is 0 Å². The highest BCUT2D eigenvalue weighted by Crippen LogP contribution is 2.23. The molecule has 0 aliphatic rings. The van der Waals surface area contributed by atoms with E-state index in [9.17, 15) is 4.39 Å². The number of hydrogen-bond acceptors (Lipinski definition) is 2. The van der Waals surface area contributed by atoms with Crippen LogP contribution < -0.4 is 11.1 Å². The van der Waals surface area contributed by atoms with E-state index in [1.54, 1.807) is 6.07 Å². The van der Waals surface area contributed by atoms with Crippen molar-refractivity contribution in [2.45, 2.75) is 0 Å². The molecule has 76 valence electrons. The van der Waals surface area contributed by atoms with Gasteiger partial charge in [-0.05, 0) is 30.3 Å². The summed E-state index contributed by atoms with van der Waals surface area (Å²) in [7, 11) is 0. The summed E-state index contributed by atoms with van der Waals surface area (Å²) < 4.78 is 12.8. The van der Waals surface area contributed by atoms with E-state index in [2.05, 4.69) is 5.32 Å². The van der Waals surface area contributed by atoms with Crippen molar-refractivity contribution >= 4 is 17.1 Å². The number of nitrogens with two attached hydrogens (primary N) is 1. The Morgan fingerprint density at radius 1 is 1.00 bits per heavy atom. The van der Waals surface area contributed by atoms with Gasteiger partial charge in [-0.25, -0.2) is 4.39 Å². The molecule has 0 bridgehead atoms. The largest absolute Gasteiger partial charge is 0.397 e. The third kappa shape index (κ3) is 2.26. The van der Waals surface area contributed by atoms with E-state index in [0.717, 1.165) is 5.69 Å². The average molecular weight is 202 g/mol. The Morgan fingerprint density at radius 2 is 1.73 bits per heavy atom. The van der Waals surface area contributed by atoms with Crippen LogP contribution in [0.1, 0.15) is 0 Å². The number of benzene rings is 2. The van der Waals surface area contributed by atoms with Crippen LogP contribution in [-0.4, -0.2) is 0 Å². The van der Waals surface area contributed by atoms with Gasteiger partial charge < -0.3 is 11.1 Å². The van der Waals surface area contributed by atoms with E-state index in [1.165, 1.54) is 12.1 Å². The lowest BCUT2D eigenvalue weighted by atomic mass is 10.2. The summed E-state index contributed by atoms with van der Waals surface area (Å²) in [6.07, 6.45) is 0.